The van der Waals surface area contributed by atoms with E-state index >= 15 is 0 Å². The summed E-state index contributed by atoms with van der Waals surface area (Å²) in [7, 11) is 0. The van der Waals surface area contributed by atoms with E-state index in [4.69, 9.17) is 4.74 Å². The van der Waals surface area contributed by atoms with Crippen LogP contribution in [0.3, 0.4) is 0 Å². The Kier molecular flexibility index (Phi) is 6.20. The van der Waals surface area contributed by atoms with E-state index in [0.717, 1.165) is 6.42 Å². The van der Waals surface area contributed by atoms with Gasteiger partial charge in [0, 0.05) is 19.1 Å². The molecule has 0 unspecified atom stereocenters. The molecule has 0 spiro atoms. The van der Waals surface area contributed by atoms with Crippen LogP contribution in [0, 0.1) is 0 Å². The number of benzene rings is 2. The Hall–Kier alpha value is -2.17. The summed E-state index contributed by atoms with van der Waals surface area (Å²) in [5.74, 6) is 0.150. The van der Waals surface area contributed by atoms with E-state index in [0.29, 0.717) is 26.3 Å². The molecule has 1 N–H and O–H groups in total. The van der Waals surface area contributed by atoms with Crippen molar-refractivity contribution in [3.8, 4) is 0 Å². The van der Waals surface area contributed by atoms with Crippen molar-refractivity contribution < 1.29 is 9.53 Å². The molecule has 3 rings (SSSR count). The topological polar surface area (TPSA) is 41.6 Å². The van der Waals surface area contributed by atoms with Gasteiger partial charge in [-0.2, -0.15) is 0 Å². The molecule has 0 saturated carbocycles. The number of ether oxygens (including phenoxy) is 1. The zero-order valence-electron chi connectivity index (χ0n) is 14.7. The Bertz CT molecular complexity index is 654. The molecule has 1 aliphatic rings. The first-order valence-electron chi connectivity index (χ1n) is 8.95. The molecule has 1 amide bonds. The van der Waals surface area contributed by atoms with Gasteiger partial charge in [-0.05, 0) is 24.5 Å². The highest BCUT2D eigenvalue weighted by molar-refractivity contribution is 5.81. The Morgan fingerprint density at radius 3 is 2.28 bits per heavy atom. The molecule has 2 atom stereocenters. The van der Waals surface area contributed by atoms with Crippen LogP contribution in [0.4, 0.5) is 0 Å². The average Bonchev–Trinajstić information content (AvgIpc) is 2.69. The van der Waals surface area contributed by atoms with Crippen LogP contribution in [0.25, 0.3) is 0 Å². The summed E-state index contributed by atoms with van der Waals surface area (Å²) in [6, 6.07) is 20.6. The quantitative estimate of drug-likeness (QED) is 0.881. The van der Waals surface area contributed by atoms with Crippen molar-refractivity contribution in [1.29, 1.82) is 0 Å². The minimum absolute atomic E-state index is 0.101. The summed E-state index contributed by atoms with van der Waals surface area (Å²) < 4.78 is 5.34. The van der Waals surface area contributed by atoms with Gasteiger partial charge in [0.1, 0.15) is 0 Å². The highest BCUT2D eigenvalue weighted by Gasteiger charge is 2.25. The van der Waals surface area contributed by atoms with Crippen LogP contribution in [0.15, 0.2) is 60.7 Å². The molecule has 0 aromatic heterocycles. The largest absolute Gasteiger partial charge is 0.378 e. The van der Waals surface area contributed by atoms with Crippen LogP contribution >= 0.6 is 0 Å². The maximum Gasteiger partial charge on any atom is 0.239 e. The van der Waals surface area contributed by atoms with Crippen LogP contribution in [-0.2, 0) is 16.0 Å². The molecule has 25 heavy (non-hydrogen) atoms. The number of nitrogens with one attached hydrogen (secondary N) is 1. The fourth-order valence-electron chi connectivity index (χ4n) is 3.24. The third kappa shape index (κ3) is 4.91. The van der Waals surface area contributed by atoms with Crippen molar-refractivity contribution >= 4 is 5.91 Å². The normalized spacial score (nSPS) is 17.1. The zero-order chi connectivity index (χ0) is 17.5. The lowest BCUT2D eigenvalue weighted by Gasteiger charge is -2.31. The maximum absolute atomic E-state index is 12.7. The smallest absolute Gasteiger partial charge is 0.239 e. The number of morpholine rings is 1. The number of hydrogen-bond donors (Lipinski definition) is 1. The molecule has 132 valence electrons. The monoisotopic (exact) mass is 338 g/mol. The molecular formula is C21H26N2O2. The first-order valence-corrected chi connectivity index (χ1v) is 8.95. The van der Waals surface area contributed by atoms with Crippen molar-refractivity contribution in [3.05, 3.63) is 71.8 Å². The van der Waals surface area contributed by atoms with Crippen LogP contribution in [0.5, 0.6) is 0 Å². The van der Waals surface area contributed by atoms with Crippen molar-refractivity contribution in [2.45, 2.75) is 25.4 Å². The predicted octanol–water partition coefficient (Wildman–Crippen LogP) is 2.81. The summed E-state index contributed by atoms with van der Waals surface area (Å²) in [6.07, 6.45) is 0.853. The van der Waals surface area contributed by atoms with Crippen LogP contribution < -0.4 is 5.32 Å². The van der Waals surface area contributed by atoms with Crippen LogP contribution in [0.1, 0.15) is 24.1 Å². The maximum atomic E-state index is 12.7. The van der Waals surface area contributed by atoms with Crippen molar-refractivity contribution in [2.75, 3.05) is 26.3 Å². The predicted molar refractivity (Wildman–Crippen MR) is 99.3 cm³/mol. The Labute approximate surface area is 149 Å². The van der Waals surface area contributed by atoms with Gasteiger partial charge in [0.05, 0.1) is 19.3 Å². The molecule has 0 radical (unpaired) electrons. The standard InChI is InChI=1S/C21H26N2O2/c1-17(21(24)23-12-14-25-15-13-23)22-20(19-10-6-3-7-11-19)16-18-8-4-2-5-9-18/h2-11,17,20,22H,12-16H2,1H3/t17-,20-/m1/s1. The Morgan fingerprint density at radius 2 is 1.64 bits per heavy atom. The van der Waals surface area contributed by atoms with Gasteiger partial charge >= 0.3 is 0 Å². The molecule has 1 saturated heterocycles. The molecule has 0 aliphatic carbocycles. The van der Waals surface area contributed by atoms with E-state index in [9.17, 15) is 4.79 Å². The van der Waals surface area contributed by atoms with E-state index in [1.54, 1.807) is 0 Å². The second-order valence-corrected chi connectivity index (χ2v) is 6.48. The van der Waals surface area contributed by atoms with Gasteiger partial charge in [-0.15, -0.1) is 0 Å². The van der Waals surface area contributed by atoms with Gasteiger partial charge in [-0.3, -0.25) is 10.1 Å². The van der Waals surface area contributed by atoms with E-state index in [-0.39, 0.29) is 18.0 Å². The van der Waals surface area contributed by atoms with E-state index in [1.807, 2.05) is 36.1 Å². The van der Waals surface area contributed by atoms with Gasteiger partial charge < -0.3 is 9.64 Å². The van der Waals surface area contributed by atoms with E-state index < -0.39 is 0 Å². The number of hydrogen-bond acceptors (Lipinski definition) is 3. The van der Waals surface area contributed by atoms with Crippen molar-refractivity contribution in [1.82, 2.24) is 10.2 Å². The van der Waals surface area contributed by atoms with E-state index in [2.05, 4.69) is 41.7 Å². The summed E-state index contributed by atoms with van der Waals surface area (Å²) in [5.41, 5.74) is 2.46. The van der Waals surface area contributed by atoms with Gasteiger partial charge in [0.2, 0.25) is 5.91 Å². The Morgan fingerprint density at radius 1 is 1.04 bits per heavy atom. The van der Waals surface area contributed by atoms with Gasteiger partial charge in [0.25, 0.3) is 0 Å². The molecule has 2 aromatic rings. The minimum atomic E-state index is -0.230. The number of nitrogens with zero attached hydrogens (tertiary/aromatic N) is 1. The lowest BCUT2D eigenvalue weighted by atomic mass is 9.98. The summed E-state index contributed by atoms with van der Waals surface area (Å²) >= 11 is 0. The number of amides is 1. The Balaban J connectivity index is 1.71. The average molecular weight is 338 g/mol. The highest BCUT2D eigenvalue weighted by Crippen LogP contribution is 2.19. The van der Waals surface area contributed by atoms with Crippen molar-refractivity contribution in [3.63, 3.8) is 0 Å². The lowest BCUT2D eigenvalue weighted by Crippen LogP contribution is -2.50. The third-order valence-electron chi connectivity index (χ3n) is 4.63. The lowest BCUT2D eigenvalue weighted by molar-refractivity contribution is -0.137. The molecule has 1 heterocycles. The van der Waals surface area contributed by atoms with E-state index in [1.165, 1.54) is 11.1 Å². The molecule has 1 fully saturated rings. The van der Waals surface area contributed by atoms with Gasteiger partial charge in [0.15, 0.2) is 0 Å². The first kappa shape index (κ1) is 17.6. The number of carbonyl (C=O) groups excluding carboxylic acids is 1. The summed E-state index contributed by atoms with van der Waals surface area (Å²) in [4.78, 5) is 14.6. The fraction of sp³-hybridized carbons (Fsp3) is 0.381. The second-order valence-electron chi connectivity index (χ2n) is 6.48. The van der Waals surface area contributed by atoms with Crippen LogP contribution in [0.2, 0.25) is 0 Å². The molecule has 0 bridgehead atoms. The SMILES string of the molecule is C[C@@H](N[C@H](Cc1ccccc1)c1ccccc1)C(=O)N1CCOCC1. The van der Waals surface area contributed by atoms with Gasteiger partial charge in [-0.1, -0.05) is 60.7 Å². The minimum Gasteiger partial charge on any atom is -0.378 e. The molecule has 4 nitrogen and oxygen atoms in total. The second kappa shape index (κ2) is 8.79. The van der Waals surface area contributed by atoms with Gasteiger partial charge in [-0.25, -0.2) is 0 Å². The molecule has 2 aromatic carbocycles. The molecule has 1 aliphatic heterocycles. The van der Waals surface area contributed by atoms with Crippen molar-refractivity contribution in [2.24, 2.45) is 0 Å². The molecular weight excluding hydrogens is 312 g/mol. The number of rotatable bonds is 6. The molecule has 4 heteroatoms. The number of carbonyl (C=O) groups is 1. The summed E-state index contributed by atoms with van der Waals surface area (Å²) in [5, 5.41) is 3.55. The van der Waals surface area contributed by atoms with Crippen LogP contribution in [-0.4, -0.2) is 43.2 Å². The highest BCUT2D eigenvalue weighted by atomic mass is 16.5. The third-order valence-corrected chi connectivity index (χ3v) is 4.63. The first-order chi connectivity index (χ1) is 12.2. The summed E-state index contributed by atoms with van der Waals surface area (Å²) in [6.45, 7) is 4.58. The zero-order valence-corrected chi connectivity index (χ0v) is 14.7. The fourth-order valence-corrected chi connectivity index (χ4v) is 3.24.